The van der Waals surface area contributed by atoms with Gasteiger partial charge in [-0.3, -0.25) is 0 Å². The summed E-state index contributed by atoms with van der Waals surface area (Å²) in [7, 11) is 0. The first kappa shape index (κ1) is 20.9. The Kier molecular flexibility index (Phi) is 4.81. The maximum Gasteiger partial charge on any atom is 0.136 e. The van der Waals surface area contributed by atoms with Gasteiger partial charge in [0, 0.05) is 10.8 Å². The second-order valence-electron chi connectivity index (χ2n) is 11.3. The summed E-state index contributed by atoms with van der Waals surface area (Å²) in [6.45, 7) is 0. The maximum atomic E-state index is 8.49. The van der Waals surface area contributed by atoms with Gasteiger partial charge >= 0.3 is 0 Å². The van der Waals surface area contributed by atoms with Crippen LogP contribution in [0.2, 0.25) is 0 Å². The van der Waals surface area contributed by atoms with Crippen molar-refractivity contribution in [3.63, 3.8) is 0 Å². The minimum Gasteiger partial charge on any atom is -0.456 e. The van der Waals surface area contributed by atoms with Crippen LogP contribution >= 0.6 is 0 Å². The fourth-order valence-corrected chi connectivity index (χ4v) is 6.76. The van der Waals surface area contributed by atoms with Gasteiger partial charge in [-0.2, -0.15) is 0 Å². The van der Waals surface area contributed by atoms with Crippen molar-refractivity contribution in [2.45, 2.75) is 0 Å². The Bertz CT molecular complexity index is 2720. The van der Waals surface area contributed by atoms with E-state index in [-0.39, 0.29) is 29.7 Å². The molecule has 210 valence electrons. The third-order valence-corrected chi connectivity index (χ3v) is 8.76. The van der Waals surface area contributed by atoms with Crippen molar-refractivity contribution in [2.24, 2.45) is 0 Å². The van der Waals surface area contributed by atoms with Gasteiger partial charge in [0.2, 0.25) is 0 Å². The number of hydrogen-bond acceptors (Lipinski definition) is 1. The number of benzene rings is 8. The van der Waals surface area contributed by atoms with Crippen LogP contribution in [0.4, 0.5) is 0 Å². The van der Waals surface area contributed by atoms with E-state index in [9.17, 15) is 0 Å². The van der Waals surface area contributed by atoms with Crippen LogP contribution in [0.1, 0.15) is 6.85 Å². The zero-order chi connectivity index (χ0) is 34.1. The quantitative estimate of drug-likeness (QED) is 0.190. The van der Waals surface area contributed by atoms with Crippen molar-refractivity contribution < 1.29 is 11.3 Å². The molecule has 1 heteroatoms. The van der Waals surface area contributed by atoms with E-state index in [4.69, 9.17) is 11.3 Å². The van der Waals surface area contributed by atoms with Crippen LogP contribution < -0.4 is 0 Å². The fraction of sp³-hybridized carbons (Fsp3) is 0. The fourth-order valence-electron chi connectivity index (χ4n) is 6.76. The molecule has 0 amide bonds. The number of fused-ring (bicyclic) bond motifs is 5. The van der Waals surface area contributed by atoms with E-state index in [0.717, 1.165) is 76.9 Å². The average molecular weight is 578 g/mol. The average Bonchev–Trinajstić information content (AvgIpc) is 3.53. The molecule has 0 atom stereocenters. The van der Waals surface area contributed by atoms with Gasteiger partial charge in [-0.05, 0) is 84.3 Å². The van der Waals surface area contributed by atoms with Crippen molar-refractivity contribution >= 4 is 43.5 Å². The van der Waals surface area contributed by atoms with E-state index in [0.29, 0.717) is 5.56 Å². The van der Waals surface area contributed by atoms with Gasteiger partial charge in [0.25, 0.3) is 0 Å². The molecule has 0 aliphatic carbocycles. The van der Waals surface area contributed by atoms with Crippen LogP contribution in [0, 0.1) is 0 Å². The first-order chi connectivity index (χ1) is 24.4. The van der Waals surface area contributed by atoms with Gasteiger partial charge < -0.3 is 4.42 Å². The Morgan fingerprint density at radius 3 is 1.58 bits per heavy atom. The molecule has 9 rings (SSSR count). The van der Waals surface area contributed by atoms with Crippen LogP contribution in [-0.4, -0.2) is 0 Å². The largest absolute Gasteiger partial charge is 0.456 e. The molecule has 0 aliphatic rings. The number of para-hydroxylation sites is 1. The van der Waals surface area contributed by atoms with E-state index in [1.54, 1.807) is 0 Å². The molecule has 8 aromatic carbocycles. The lowest BCUT2D eigenvalue weighted by atomic mass is 9.83. The molecule has 0 saturated carbocycles. The van der Waals surface area contributed by atoms with E-state index in [1.165, 1.54) is 0 Å². The second-order valence-corrected chi connectivity index (χ2v) is 11.3. The minimum atomic E-state index is -0.395. The van der Waals surface area contributed by atoms with E-state index >= 15 is 0 Å². The van der Waals surface area contributed by atoms with Crippen LogP contribution in [0.5, 0.6) is 0 Å². The Morgan fingerprint density at radius 1 is 0.356 bits per heavy atom. The highest BCUT2D eigenvalue weighted by Crippen LogP contribution is 2.48. The van der Waals surface area contributed by atoms with Crippen molar-refractivity contribution in [1.29, 1.82) is 0 Å². The molecule has 45 heavy (non-hydrogen) atoms. The molecule has 0 fully saturated rings. The monoisotopic (exact) mass is 577 g/mol. The number of rotatable bonds is 4. The smallest absolute Gasteiger partial charge is 0.136 e. The van der Waals surface area contributed by atoms with Gasteiger partial charge in [0.15, 0.2) is 0 Å². The van der Waals surface area contributed by atoms with Crippen LogP contribution in [-0.2, 0) is 0 Å². The lowest BCUT2D eigenvalue weighted by Gasteiger charge is -2.20. The molecule has 0 spiro atoms. The molecule has 1 heterocycles. The van der Waals surface area contributed by atoms with Crippen LogP contribution in [0.25, 0.3) is 88.0 Å². The predicted octanol–water partition coefficient (Wildman–Crippen LogP) is 12.6. The third-order valence-electron chi connectivity index (χ3n) is 8.76. The SMILES string of the molecule is [2H]c1c([2H])c([2H])c(-c2ccc(-c3c4ccccc4c(-c4cc5oc6ccccc6c5cc4-c4ccccc4)c4ccccc34)cc2)c([2H])c1[2H]. The Morgan fingerprint density at radius 2 is 0.911 bits per heavy atom. The Balaban J connectivity index is 1.32. The summed E-state index contributed by atoms with van der Waals surface area (Å²) in [4.78, 5) is 0. The van der Waals surface area contributed by atoms with Gasteiger partial charge in [-0.1, -0.05) is 152 Å². The van der Waals surface area contributed by atoms with Gasteiger partial charge in [-0.15, -0.1) is 0 Å². The Hall–Kier alpha value is -5.92. The zero-order valence-electron chi connectivity index (χ0n) is 29.2. The summed E-state index contributed by atoms with van der Waals surface area (Å²) >= 11 is 0. The van der Waals surface area contributed by atoms with Crippen molar-refractivity contribution in [1.82, 2.24) is 0 Å². The highest BCUT2D eigenvalue weighted by atomic mass is 16.3. The molecule has 0 saturated heterocycles. The standard InChI is InChI=1S/C44H28O/c1-3-13-29(14-4-1)30-23-25-32(26-24-30)43-34-18-7-9-20-36(34)44(37-21-10-8-19-35(37)43)40-28-42-39(33-17-11-12-22-41(33)45-42)27-38(40)31-15-5-2-6-16-31/h1-28H/i1D,3D,4D,13D,14D. The van der Waals surface area contributed by atoms with Crippen molar-refractivity contribution in [3.8, 4) is 44.5 Å². The van der Waals surface area contributed by atoms with Crippen LogP contribution in [0.15, 0.2) is 174 Å². The highest BCUT2D eigenvalue weighted by Gasteiger charge is 2.21. The lowest BCUT2D eigenvalue weighted by Crippen LogP contribution is -1.93. The van der Waals surface area contributed by atoms with E-state index < -0.39 is 6.04 Å². The normalized spacial score (nSPS) is 13.1. The minimum absolute atomic E-state index is 0.196. The van der Waals surface area contributed by atoms with Crippen LogP contribution in [0.3, 0.4) is 0 Å². The third kappa shape index (κ3) is 4.17. The summed E-state index contributed by atoms with van der Waals surface area (Å²) in [6, 6.07) is 46.3. The molecule has 0 bridgehead atoms. The van der Waals surface area contributed by atoms with E-state index in [2.05, 4.69) is 91.0 Å². The molecular formula is C44H28O. The summed E-state index contributed by atoms with van der Waals surface area (Å²) in [5.74, 6) is 0. The molecule has 9 aromatic rings. The molecular weight excluding hydrogens is 544 g/mol. The second kappa shape index (κ2) is 10.4. The molecule has 0 N–H and O–H groups in total. The lowest BCUT2D eigenvalue weighted by molar-refractivity contribution is 0.669. The van der Waals surface area contributed by atoms with E-state index in [1.807, 2.05) is 48.5 Å². The first-order valence-electron chi connectivity index (χ1n) is 17.5. The summed E-state index contributed by atoms with van der Waals surface area (Å²) in [6.07, 6.45) is 0. The summed E-state index contributed by atoms with van der Waals surface area (Å²) in [5, 5.41) is 6.53. The Labute approximate surface area is 268 Å². The summed E-state index contributed by atoms with van der Waals surface area (Å²) < 4.78 is 47.8. The predicted molar refractivity (Wildman–Crippen MR) is 190 cm³/mol. The van der Waals surface area contributed by atoms with Gasteiger partial charge in [0.1, 0.15) is 11.2 Å². The first-order valence-corrected chi connectivity index (χ1v) is 15.0. The zero-order valence-corrected chi connectivity index (χ0v) is 24.2. The molecule has 1 aromatic heterocycles. The van der Waals surface area contributed by atoms with Gasteiger partial charge in [0.05, 0.1) is 6.85 Å². The summed E-state index contributed by atoms with van der Waals surface area (Å²) in [5.41, 5.74) is 8.94. The van der Waals surface area contributed by atoms with Gasteiger partial charge in [-0.25, -0.2) is 0 Å². The molecule has 0 unspecified atom stereocenters. The number of furan rings is 1. The maximum absolute atomic E-state index is 8.49. The highest BCUT2D eigenvalue weighted by molar-refractivity contribution is 6.23. The molecule has 0 aliphatic heterocycles. The number of hydrogen-bond donors (Lipinski definition) is 0. The van der Waals surface area contributed by atoms with Crippen molar-refractivity contribution in [2.75, 3.05) is 0 Å². The molecule has 0 radical (unpaired) electrons. The topological polar surface area (TPSA) is 13.1 Å². The molecule has 1 nitrogen and oxygen atoms in total. The van der Waals surface area contributed by atoms with Crippen molar-refractivity contribution in [3.05, 3.63) is 170 Å².